The minimum atomic E-state index is 0. The van der Waals surface area contributed by atoms with E-state index < -0.39 is 0 Å². The van der Waals surface area contributed by atoms with Crippen LogP contribution < -0.4 is 14.1 Å². The number of unbranched alkanes of at least 4 members (excludes halogenated alkanes) is 1. The van der Waals surface area contributed by atoms with E-state index in [1.807, 2.05) is 0 Å². The van der Waals surface area contributed by atoms with Crippen molar-refractivity contribution in [3.05, 3.63) is 41.0 Å². The molecule has 0 fully saturated rings. The summed E-state index contributed by atoms with van der Waals surface area (Å²) in [6.07, 6.45) is 6.34. The Labute approximate surface area is 115 Å². The maximum Gasteiger partial charge on any atom is -1.00 e. The fourth-order valence-electron chi connectivity index (χ4n) is 1.99. The molecule has 1 aliphatic carbocycles. The zero-order valence-corrected chi connectivity index (χ0v) is 12.2. The standard InChI is InChI=1S/C13H15.3FH.Zr/c1-2-3-6-11-9-12-7-4-5-8-13(12)10-11;;;;/h4-5,7-10H,2-3,6H2,1H3;3*1H;/q;;;;+3/p-3. The fraction of sp³-hybridized carbons (Fsp3) is 0.385. The van der Waals surface area contributed by atoms with Gasteiger partial charge in [0.05, 0.1) is 0 Å². The van der Waals surface area contributed by atoms with E-state index >= 15 is 0 Å². The summed E-state index contributed by atoms with van der Waals surface area (Å²) in [6.45, 7) is 2.26. The zero-order valence-electron chi connectivity index (χ0n) is 9.72. The Morgan fingerprint density at radius 3 is 2.35 bits per heavy atom. The first-order chi connectivity index (χ1) is 6.83. The van der Waals surface area contributed by atoms with Gasteiger partial charge in [0.25, 0.3) is 0 Å². The van der Waals surface area contributed by atoms with E-state index in [9.17, 15) is 0 Å². The molecule has 1 aromatic rings. The molecule has 4 heteroatoms. The van der Waals surface area contributed by atoms with Crippen molar-refractivity contribution in [3.8, 4) is 0 Å². The van der Waals surface area contributed by atoms with Gasteiger partial charge in [-0.15, -0.1) is 0 Å². The van der Waals surface area contributed by atoms with E-state index in [2.05, 4.69) is 37.3 Å². The Hall–Kier alpha value is -0.367. The van der Waals surface area contributed by atoms with Crippen molar-refractivity contribution in [1.29, 1.82) is 0 Å². The minimum Gasteiger partial charge on any atom is -1.00 e. The molecule has 92 valence electrons. The summed E-state index contributed by atoms with van der Waals surface area (Å²) < 4.78 is 0.741. The topological polar surface area (TPSA) is 0 Å². The monoisotopic (exact) mass is 318 g/mol. The van der Waals surface area contributed by atoms with Crippen LogP contribution in [0.2, 0.25) is 0 Å². The van der Waals surface area contributed by atoms with E-state index in [1.165, 1.54) is 24.8 Å². The first-order valence-corrected chi connectivity index (χ1v) is 6.75. The molecule has 1 aromatic carbocycles. The molecule has 1 aliphatic rings. The van der Waals surface area contributed by atoms with Crippen molar-refractivity contribution in [2.45, 2.75) is 29.8 Å². The smallest absolute Gasteiger partial charge is 1.00 e. The van der Waals surface area contributed by atoms with Crippen LogP contribution in [-0.2, 0) is 24.7 Å². The minimum absolute atomic E-state index is 0. The fourth-order valence-corrected chi connectivity index (χ4v) is 3.19. The van der Waals surface area contributed by atoms with Crippen LogP contribution in [0.3, 0.4) is 0 Å². The molecular formula is C13H15F3Zr. The Kier molecular flexibility index (Phi) is 9.70. The molecule has 17 heavy (non-hydrogen) atoms. The number of fused-ring (bicyclic) bond motifs is 1. The van der Waals surface area contributed by atoms with E-state index in [4.69, 9.17) is 0 Å². The van der Waals surface area contributed by atoms with Gasteiger partial charge in [0.15, 0.2) is 0 Å². The molecule has 0 heterocycles. The first-order valence-electron chi connectivity index (χ1n) is 5.33. The van der Waals surface area contributed by atoms with Gasteiger partial charge in [-0.2, -0.15) is 0 Å². The Morgan fingerprint density at radius 1 is 1.12 bits per heavy atom. The third-order valence-corrected chi connectivity index (χ3v) is 4.51. The molecular weight excluding hydrogens is 304 g/mol. The van der Waals surface area contributed by atoms with Crippen LogP contribution >= 0.6 is 0 Å². The van der Waals surface area contributed by atoms with Gasteiger partial charge in [0.2, 0.25) is 0 Å². The molecule has 0 saturated carbocycles. The van der Waals surface area contributed by atoms with Gasteiger partial charge in [0.1, 0.15) is 0 Å². The van der Waals surface area contributed by atoms with Crippen molar-refractivity contribution in [1.82, 2.24) is 0 Å². The second-order valence-corrected chi connectivity index (χ2v) is 5.30. The molecule has 0 bridgehead atoms. The SMILES string of the molecule is CCCCC1=Cc2ccccc2[CH]1[Zr+3].[F-].[F-].[F-]. The van der Waals surface area contributed by atoms with E-state index in [-0.39, 0.29) is 14.1 Å². The Balaban J connectivity index is 0. The van der Waals surface area contributed by atoms with Gasteiger partial charge >= 0.3 is 102 Å². The van der Waals surface area contributed by atoms with Gasteiger partial charge in [-0.3, -0.25) is 0 Å². The van der Waals surface area contributed by atoms with Crippen LogP contribution in [0.4, 0.5) is 0 Å². The van der Waals surface area contributed by atoms with Crippen LogP contribution in [0.15, 0.2) is 29.8 Å². The second-order valence-electron chi connectivity index (χ2n) is 3.88. The zero-order chi connectivity index (χ0) is 9.97. The average molecular weight is 319 g/mol. The molecule has 0 spiro atoms. The molecule has 0 amide bonds. The maximum absolute atomic E-state index is 2.41. The molecule has 0 aromatic heterocycles. The number of hydrogen-bond donors (Lipinski definition) is 0. The number of benzene rings is 1. The van der Waals surface area contributed by atoms with Crippen LogP contribution in [0.25, 0.3) is 6.08 Å². The van der Waals surface area contributed by atoms with Gasteiger partial charge in [-0.05, 0) is 0 Å². The number of rotatable bonds is 3. The summed E-state index contributed by atoms with van der Waals surface area (Å²) >= 11 is 1.64. The van der Waals surface area contributed by atoms with Crippen molar-refractivity contribution < 1.29 is 38.8 Å². The van der Waals surface area contributed by atoms with Crippen LogP contribution in [0.1, 0.15) is 40.9 Å². The predicted octanol–water partition coefficient (Wildman–Crippen LogP) is -5.13. The summed E-state index contributed by atoms with van der Waals surface area (Å²) in [5.74, 6) is 0. The van der Waals surface area contributed by atoms with E-state index in [0.29, 0.717) is 0 Å². The van der Waals surface area contributed by atoms with Gasteiger partial charge in [0, 0.05) is 0 Å². The molecule has 0 radical (unpaired) electrons. The van der Waals surface area contributed by atoms with E-state index in [1.54, 1.807) is 35.9 Å². The van der Waals surface area contributed by atoms with E-state index in [0.717, 1.165) is 3.63 Å². The van der Waals surface area contributed by atoms with Gasteiger partial charge < -0.3 is 14.1 Å². The van der Waals surface area contributed by atoms with Crippen molar-refractivity contribution >= 4 is 6.08 Å². The normalized spacial score (nSPS) is 15.9. The number of allylic oxidation sites excluding steroid dienone is 1. The molecule has 0 aliphatic heterocycles. The summed E-state index contributed by atoms with van der Waals surface area (Å²) in [6, 6.07) is 8.82. The number of hydrogen-bond acceptors (Lipinski definition) is 0. The first kappa shape index (κ1) is 19.0. The summed E-state index contributed by atoms with van der Waals surface area (Å²) in [4.78, 5) is 0. The van der Waals surface area contributed by atoms with Crippen molar-refractivity contribution in [2.24, 2.45) is 0 Å². The van der Waals surface area contributed by atoms with Crippen molar-refractivity contribution in [3.63, 3.8) is 0 Å². The third-order valence-electron chi connectivity index (χ3n) is 2.84. The predicted molar refractivity (Wildman–Crippen MR) is 56.7 cm³/mol. The summed E-state index contributed by atoms with van der Waals surface area (Å²) in [5, 5.41) is 0. The van der Waals surface area contributed by atoms with Crippen LogP contribution in [-0.4, -0.2) is 0 Å². The molecule has 0 nitrogen and oxygen atoms in total. The summed E-state index contributed by atoms with van der Waals surface area (Å²) in [5.41, 5.74) is 4.67. The van der Waals surface area contributed by atoms with Crippen LogP contribution in [0.5, 0.6) is 0 Å². The Morgan fingerprint density at radius 2 is 1.76 bits per heavy atom. The largest absolute Gasteiger partial charge is 1.00 e. The van der Waals surface area contributed by atoms with Gasteiger partial charge in [-0.1, -0.05) is 0 Å². The van der Waals surface area contributed by atoms with Crippen LogP contribution in [0, 0.1) is 0 Å². The third kappa shape index (κ3) is 4.10. The summed E-state index contributed by atoms with van der Waals surface area (Å²) in [7, 11) is 0. The van der Waals surface area contributed by atoms with Crippen molar-refractivity contribution in [2.75, 3.05) is 0 Å². The molecule has 1 unspecified atom stereocenters. The number of halogens is 3. The molecule has 2 rings (SSSR count). The second kappa shape index (κ2) is 8.68. The molecule has 0 saturated heterocycles. The van der Waals surface area contributed by atoms with Gasteiger partial charge in [-0.25, -0.2) is 0 Å². The Bertz CT molecular complexity index is 363. The average Bonchev–Trinajstić information content (AvgIpc) is 2.54. The maximum atomic E-state index is 2.41. The molecule has 0 N–H and O–H groups in total. The molecule has 1 atom stereocenters. The quantitative estimate of drug-likeness (QED) is 0.523.